The van der Waals surface area contributed by atoms with Gasteiger partial charge in [0.1, 0.15) is 0 Å². The third-order valence-corrected chi connectivity index (χ3v) is 16.5. The van der Waals surface area contributed by atoms with Gasteiger partial charge in [-0.15, -0.1) is 0 Å². The fourth-order valence-corrected chi connectivity index (χ4v) is 13.4. The number of benzene rings is 10. The molecule has 2 aliphatic carbocycles. The summed E-state index contributed by atoms with van der Waals surface area (Å²) in [6.45, 7) is 0. The van der Waals surface area contributed by atoms with Crippen molar-refractivity contribution in [3.05, 3.63) is 216 Å². The molecule has 0 amide bonds. The van der Waals surface area contributed by atoms with Crippen LogP contribution in [-0.4, -0.2) is 18.3 Å². The van der Waals surface area contributed by atoms with Crippen LogP contribution in [0.2, 0.25) is 0 Å². The summed E-state index contributed by atoms with van der Waals surface area (Å²) in [6, 6.07) is 73.3. The average molecular weight is 895 g/mol. The number of aryl methyl sites for hydroxylation is 6. The summed E-state index contributed by atoms with van der Waals surface area (Å²) < 4.78 is 9.79. The van der Waals surface area contributed by atoms with E-state index in [1.54, 1.807) is 0 Å². The molecule has 330 valence electrons. The van der Waals surface area contributed by atoms with E-state index >= 15 is 0 Å². The Morgan fingerprint density at radius 2 is 0.629 bits per heavy atom. The summed E-state index contributed by atoms with van der Waals surface area (Å²) in [6.07, 6.45) is 4.01. The van der Waals surface area contributed by atoms with E-state index in [-0.39, 0.29) is 0 Å². The maximum Gasteiger partial charge on any atom is 0.0579 e. The van der Waals surface area contributed by atoms with Crippen molar-refractivity contribution in [2.24, 2.45) is 14.1 Å². The van der Waals surface area contributed by atoms with Gasteiger partial charge in [0.15, 0.2) is 0 Å². The minimum Gasteiger partial charge on any atom is -0.344 e. The molecule has 0 N–H and O–H groups in total. The lowest BCUT2D eigenvalue weighted by atomic mass is 9.74. The fraction of sp³-hybridized carbons (Fsp3) is 0.0909. The maximum atomic E-state index is 2.58. The highest BCUT2D eigenvalue weighted by Crippen LogP contribution is 2.52. The van der Waals surface area contributed by atoms with Crippen LogP contribution in [0.5, 0.6) is 0 Å². The van der Waals surface area contributed by atoms with Crippen LogP contribution in [0.3, 0.4) is 0 Å². The average Bonchev–Trinajstić information content (AvgIpc) is 4.12. The van der Waals surface area contributed by atoms with Crippen LogP contribution in [0.25, 0.3) is 132 Å². The normalized spacial score (nSPS) is 13.3. The van der Waals surface area contributed by atoms with Crippen molar-refractivity contribution in [2.75, 3.05) is 0 Å². The summed E-state index contributed by atoms with van der Waals surface area (Å²) in [4.78, 5) is 0. The first-order valence-electron chi connectivity index (χ1n) is 24.9. The molecule has 14 aromatic rings. The van der Waals surface area contributed by atoms with E-state index in [1.807, 2.05) is 0 Å². The topological polar surface area (TPSA) is 19.7 Å². The zero-order chi connectivity index (χ0) is 45.9. The van der Waals surface area contributed by atoms with Crippen molar-refractivity contribution >= 4 is 87.2 Å². The molecule has 0 saturated carbocycles. The number of hydrogen-bond acceptors (Lipinski definition) is 0. The van der Waals surface area contributed by atoms with Gasteiger partial charge in [-0.2, -0.15) is 0 Å². The molecule has 4 heterocycles. The standard InChI is InChI=1S/C66H46N4/c1-67-57-19-11-9-17-47(57)51-33-39(23-29-59(51)67)41-25-31-61-53(35-41)55-37-43-21-22-44-38-56-54-36-42(40-24-30-60-52(34-40)48-18-10-12-20-58(48)68(60)2)26-32-62(54)70(46-15-7-4-8-16-46)66(56)50-28-27-49(63(43)64(44)50)65(55)69(61)45-13-5-3-6-14-45/h3-20,23-26,29-38H,21-22,27-28H2,1-2H3. The molecule has 4 aromatic heterocycles. The predicted octanol–water partition coefficient (Wildman–Crippen LogP) is 16.4. The number of hydrogen-bond donors (Lipinski definition) is 0. The van der Waals surface area contributed by atoms with Gasteiger partial charge in [0.05, 0.1) is 22.1 Å². The Morgan fingerprint density at radius 3 is 1.04 bits per heavy atom. The molecule has 4 nitrogen and oxygen atoms in total. The minimum absolute atomic E-state index is 0.978. The van der Waals surface area contributed by atoms with Gasteiger partial charge in [-0.1, -0.05) is 97.1 Å². The minimum atomic E-state index is 0.978. The largest absolute Gasteiger partial charge is 0.344 e. The van der Waals surface area contributed by atoms with Crippen molar-refractivity contribution in [1.29, 1.82) is 0 Å². The summed E-state index contributed by atoms with van der Waals surface area (Å²) in [7, 11) is 4.36. The molecule has 0 fully saturated rings. The summed E-state index contributed by atoms with van der Waals surface area (Å²) >= 11 is 0. The van der Waals surface area contributed by atoms with Gasteiger partial charge in [0.25, 0.3) is 0 Å². The molecule has 70 heavy (non-hydrogen) atoms. The van der Waals surface area contributed by atoms with Gasteiger partial charge < -0.3 is 18.3 Å². The van der Waals surface area contributed by atoms with Gasteiger partial charge in [-0.3, -0.25) is 0 Å². The van der Waals surface area contributed by atoms with Crippen LogP contribution in [0, 0.1) is 0 Å². The first kappa shape index (κ1) is 38.4. The zero-order valence-electron chi connectivity index (χ0n) is 39.1. The van der Waals surface area contributed by atoms with Gasteiger partial charge in [0, 0.05) is 90.6 Å². The van der Waals surface area contributed by atoms with Crippen LogP contribution in [0.4, 0.5) is 0 Å². The van der Waals surface area contributed by atoms with Gasteiger partial charge >= 0.3 is 0 Å². The van der Waals surface area contributed by atoms with E-state index in [2.05, 4.69) is 226 Å². The van der Waals surface area contributed by atoms with Crippen LogP contribution in [-0.2, 0) is 39.8 Å². The Hall–Kier alpha value is -8.60. The van der Waals surface area contributed by atoms with Crippen molar-refractivity contribution in [1.82, 2.24) is 18.3 Å². The quantitative estimate of drug-likeness (QED) is 0.168. The molecule has 0 unspecified atom stereocenters. The first-order chi connectivity index (χ1) is 34.6. The molecule has 2 aliphatic rings. The van der Waals surface area contributed by atoms with Crippen molar-refractivity contribution in [3.63, 3.8) is 0 Å². The molecule has 0 saturated heterocycles. The van der Waals surface area contributed by atoms with Crippen LogP contribution >= 0.6 is 0 Å². The predicted molar refractivity (Wildman–Crippen MR) is 294 cm³/mol. The third kappa shape index (κ3) is 5.10. The Bertz CT molecular complexity index is 4300. The Labute approximate surface area is 404 Å². The van der Waals surface area contributed by atoms with Crippen LogP contribution < -0.4 is 0 Å². The number of aromatic nitrogens is 4. The molecule has 0 aliphatic heterocycles. The number of nitrogens with zero attached hydrogens (tertiary/aromatic N) is 4. The molecule has 10 aromatic carbocycles. The van der Waals surface area contributed by atoms with Crippen molar-refractivity contribution < 1.29 is 0 Å². The second-order valence-electron chi connectivity index (χ2n) is 20.0. The molecule has 0 atom stereocenters. The summed E-state index contributed by atoms with van der Waals surface area (Å²) in [5.41, 5.74) is 26.6. The van der Waals surface area contributed by atoms with Crippen molar-refractivity contribution in [3.8, 4) is 44.8 Å². The Morgan fingerprint density at radius 1 is 0.286 bits per heavy atom. The number of fused-ring (bicyclic) bond motifs is 14. The molecular weight excluding hydrogens is 849 g/mol. The maximum absolute atomic E-state index is 2.58. The molecule has 16 rings (SSSR count). The van der Waals surface area contributed by atoms with E-state index < -0.39 is 0 Å². The zero-order valence-corrected chi connectivity index (χ0v) is 39.1. The Kier molecular flexibility index (Phi) is 7.67. The van der Waals surface area contributed by atoms with Crippen LogP contribution in [0.1, 0.15) is 22.3 Å². The van der Waals surface area contributed by atoms with Gasteiger partial charge in [-0.05, 0) is 178 Å². The lowest BCUT2D eigenvalue weighted by Gasteiger charge is -2.31. The second kappa shape index (κ2) is 14.0. The second-order valence-corrected chi connectivity index (χ2v) is 20.0. The Balaban J connectivity index is 0.926. The van der Waals surface area contributed by atoms with E-state index in [0.29, 0.717) is 0 Å². The van der Waals surface area contributed by atoms with E-state index in [4.69, 9.17) is 0 Å². The fourth-order valence-electron chi connectivity index (χ4n) is 13.4. The third-order valence-electron chi connectivity index (χ3n) is 16.5. The highest BCUT2D eigenvalue weighted by atomic mass is 15.0. The molecule has 0 bridgehead atoms. The molecule has 0 spiro atoms. The summed E-state index contributed by atoms with van der Waals surface area (Å²) in [5, 5.41) is 10.6. The molecule has 4 heteroatoms. The SMILES string of the molecule is Cn1c2ccccc2c2cc(-c3ccc4c(c3)c3cc5c6c(c3n4-c3ccccc3)CCc3c-6c(cc4c6cc(-c7ccc8c(c7)c7ccccc7n8C)ccc6n(-c6ccccc6)c34)CC5)ccc21. The monoisotopic (exact) mass is 894 g/mol. The first-order valence-corrected chi connectivity index (χ1v) is 24.9. The van der Waals surface area contributed by atoms with Gasteiger partial charge in [-0.25, -0.2) is 0 Å². The van der Waals surface area contributed by atoms with Crippen molar-refractivity contribution in [2.45, 2.75) is 25.7 Å². The van der Waals surface area contributed by atoms with E-state index in [9.17, 15) is 0 Å². The lowest BCUT2D eigenvalue weighted by Crippen LogP contribution is -2.16. The molecular formula is C66H46N4. The van der Waals surface area contributed by atoms with E-state index in [1.165, 1.54) is 154 Å². The summed E-state index contributed by atoms with van der Waals surface area (Å²) in [5.74, 6) is 0. The van der Waals surface area contributed by atoms with E-state index in [0.717, 1.165) is 25.7 Å². The highest BCUT2D eigenvalue weighted by Gasteiger charge is 2.33. The number of para-hydroxylation sites is 4. The highest BCUT2D eigenvalue weighted by molar-refractivity contribution is 6.18. The van der Waals surface area contributed by atoms with Crippen LogP contribution in [0.15, 0.2) is 194 Å². The van der Waals surface area contributed by atoms with Gasteiger partial charge in [0.2, 0.25) is 0 Å². The molecule has 0 radical (unpaired) electrons. The number of rotatable bonds is 4. The smallest absolute Gasteiger partial charge is 0.0579 e. The lowest BCUT2D eigenvalue weighted by molar-refractivity contribution is 0.883.